The van der Waals surface area contributed by atoms with Crippen molar-refractivity contribution in [3.63, 3.8) is 0 Å². The van der Waals surface area contributed by atoms with Gasteiger partial charge in [0.2, 0.25) is 15.9 Å². The van der Waals surface area contributed by atoms with Gasteiger partial charge in [0.15, 0.2) is 0 Å². The molecule has 128 valence electrons. The summed E-state index contributed by atoms with van der Waals surface area (Å²) in [5.41, 5.74) is 2.96. The summed E-state index contributed by atoms with van der Waals surface area (Å²) in [6, 6.07) is 15.8. The molecule has 0 bridgehead atoms. The molecule has 0 aliphatic rings. The van der Waals surface area contributed by atoms with E-state index in [1.165, 1.54) is 12.1 Å². The molecular formula is C16H18BrN3O3S. The van der Waals surface area contributed by atoms with E-state index in [1.54, 1.807) is 12.1 Å². The van der Waals surface area contributed by atoms with Gasteiger partial charge in [0.05, 0.1) is 11.4 Å². The largest absolute Gasteiger partial charge is 0.293 e. The van der Waals surface area contributed by atoms with Crippen molar-refractivity contribution in [3.8, 4) is 0 Å². The highest BCUT2D eigenvalue weighted by atomic mass is 79.9. The maximum atomic E-state index is 12.8. The summed E-state index contributed by atoms with van der Waals surface area (Å²) in [6.07, 6.45) is 0.494. The molecule has 2 aromatic carbocycles. The molecule has 0 heterocycles. The van der Waals surface area contributed by atoms with Gasteiger partial charge in [0, 0.05) is 11.0 Å². The van der Waals surface area contributed by atoms with Gasteiger partial charge in [-0.3, -0.25) is 10.2 Å². The van der Waals surface area contributed by atoms with Gasteiger partial charge in [0.1, 0.15) is 0 Å². The van der Waals surface area contributed by atoms with E-state index in [1.807, 2.05) is 35.8 Å². The number of nitrogens with zero attached hydrogens (tertiary/aromatic N) is 1. The fourth-order valence-corrected chi connectivity index (χ4v) is 3.81. The molecule has 0 spiro atoms. The average Bonchev–Trinajstić information content (AvgIpc) is 2.59. The fourth-order valence-electron chi connectivity index (χ4n) is 2.14. The maximum absolute atomic E-state index is 12.8. The highest BCUT2D eigenvalue weighted by Gasteiger charge is 2.26. The van der Waals surface area contributed by atoms with Crippen molar-refractivity contribution in [3.05, 3.63) is 64.6 Å². The summed E-state index contributed by atoms with van der Waals surface area (Å²) in [7, 11) is -3.80. The zero-order valence-corrected chi connectivity index (χ0v) is 15.3. The number of carbonyl (C=O) groups is 1. The molecule has 0 unspecified atom stereocenters. The molecule has 0 saturated heterocycles. The minimum atomic E-state index is -3.80. The molecule has 0 aliphatic carbocycles. The van der Waals surface area contributed by atoms with Crippen molar-refractivity contribution >= 4 is 31.9 Å². The molecule has 0 aliphatic heterocycles. The molecule has 6 nitrogen and oxygen atoms in total. The second-order valence-corrected chi connectivity index (χ2v) is 7.95. The standard InChI is InChI=1S/C16H18BrN3O3S/c17-14-6-8-15(9-7-14)24(22,23)20(12-16(21)19-18)11-10-13-4-2-1-3-5-13/h1-9H,10-12,18H2,(H,19,21). The summed E-state index contributed by atoms with van der Waals surface area (Å²) in [4.78, 5) is 11.7. The van der Waals surface area contributed by atoms with Crippen LogP contribution in [0.4, 0.5) is 0 Å². The Balaban J connectivity index is 2.23. The molecule has 0 aromatic heterocycles. The Hall–Kier alpha value is -1.74. The Morgan fingerprint density at radius 2 is 1.71 bits per heavy atom. The van der Waals surface area contributed by atoms with Crippen LogP contribution < -0.4 is 11.3 Å². The van der Waals surface area contributed by atoms with E-state index in [9.17, 15) is 13.2 Å². The van der Waals surface area contributed by atoms with E-state index >= 15 is 0 Å². The number of hydrazine groups is 1. The lowest BCUT2D eigenvalue weighted by Crippen LogP contribution is -2.43. The zero-order chi connectivity index (χ0) is 17.6. The summed E-state index contributed by atoms with van der Waals surface area (Å²) in [5, 5.41) is 0. The van der Waals surface area contributed by atoms with Crippen LogP contribution >= 0.6 is 15.9 Å². The second-order valence-electron chi connectivity index (χ2n) is 5.10. The number of hydrogen-bond acceptors (Lipinski definition) is 4. The second kappa shape index (κ2) is 8.39. The van der Waals surface area contributed by atoms with Crippen LogP contribution in [0.1, 0.15) is 5.56 Å². The summed E-state index contributed by atoms with van der Waals surface area (Å²) in [5.74, 6) is 4.54. The molecular weight excluding hydrogens is 394 g/mol. The highest BCUT2D eigenvalue weighted by molar-refractivity contribution is 9.10. The van der Waals surface area contributed by atoms with Gasteiger partial charge >= 0.3 is 0 Å². The van der Waals surface area contributed by atoms with E-state index in [-0.39, 0.29) is 18.0 Å². The number of hydrogen-bond donors (Lipinski definition) is 2. The van der Waals surface area contributed by atoms with Gasteiger partial charge in [0.25, 0.3) is 0 Å². The van der Waals surface area contributed by atoms with Gasteiger partial charge in [-0.1, -0.05) is 46.3 Å². The molecule has 8 heteroatoms. The zero-order valence-electron chi connectivity index (χ0n) is 12.9. The number of halogens is 1. The van der Waals surface area contributed by atoms with Gasteiger partial charge in [-0.25, -0.2) is 14.3 Å². The van der Waals surface area contributed by atoms with Gasteiger partial charge in [-0.15, -0.1) is 0 Å². The van der Waals surface area contributed by atoms with Crippen molar-refractivity contribution < 1.29 is 13.2 Å². The Kier molecular flexibility index (Phi) is 6.50. The number of amides is 1. The number of nitrogens with one attached hydrogen (secondary N) is 1. The number of nitrogens with two attached hydrogens (primary N) is 1. The quantitative estimate of drug-likeness (QED) is 0.411. The predicted octanol–water partition coefficient (Wildman–Crippen LogP) is 1.67. The summed E-state index contributed by atoms with van der Waals surface area (Å²) in [6.45, 7) is -0.155. The SMILES string of the molecule is NNC(=O)CN(CCc1ccccc1)S(=O)(=O)c1ccc(Br)cc1. The van der Waals surface area contributed by atoms with Crippen molar-refractivity contribution in [1.29, 1.82) is 0 Å². The van der Waals surface area contributed by atoms with Crippen LogP contribution in [0.15, 0.2) is 64.0 Å². The van der Waals surface area contributed by atoms with Crippen molar-refractivity contribution in [2.24, 2.45) is 5.84 Å². The van der Waals surface area contributed by atoms with Gasteiger partial charge in [-0.05, 0) is 36.2 Å². The Labute approximate surface area is 149 Å². The molecule has 3 N–H and O–H groups in total. The normalized spacial score (nSPS) is 11.5. The smallest absolute Gasteiger partial charge is 0.249 e. The highest BCUT2D eigenvalue weighted by Crippen LogP contribution is 2.19. The van der Waals surface area contributed by atoms with Crippen LogP contribution in [0.2, 0.25) is 0 Å². The molecule has 0 saturated carbocycles. The first-order chi connectivity index (χ1) is 11.4. The molecule has 1 amide bonds. The summed E-state index contributed by atoms with van der Waals surface area (Å²) >= 11 is 3.27. The van der Waals surface area contributed by atoms with E-state index in [2.05, 4.69) is 15.9 Å². The van der Waals surface area contributed by atoms with Crippen LogP contribution in [0.25, 0.3) is 0 Å². The fraction of sp³-hybridized carbons (Fsp3) is 0.188. The van der Waals surface area contributed by atoms with Gasteiger partial charge in [-0.2, -0.15) is 4.31 Å². The third-order valence-corrected chi connectivity index (χ3v) is 5.81. The number of benzene rings is 2. The molecule has 0 fully saturated rings. The minimum absolute atomic E-state index is 0.128. The first-order valence-corrected chi connectivity index (χ1v) is 9.46. The van der Waals surface area contributed by atoms with E-state index in [0.29, 0.717) is 6.42 Å². The molecule has 0 radical (unpaired) electrons. The van der Waals surface area contributed by atoms with Crippen LogP contribution in [-0.4, -0.2) is 31.7 Å². The third kappa shape index (κ3) is 4.88. The van der Waals surface area contributed by atoms with Crippen LogP contribution in [0.3, 0.4) is 0 Å². The number of carbonyl (C=O) groups excluding carboxylic acids is 1. The number of sulfonamides is 1. The van der Waals surface area contributed by atoms with Crippen molar-refractivity contribution in [2.75, 3.05) is 13.1 Å². The van der Waals surface area contributed by atoms with Crippen molar-refractivity contribution in [2.45, 2.75) is 11.3 Å². The molecule has 24 heavy (non-hydrogen) atoms. The first kappa shape index (κ1) is 18.6. The lowest BCUT2D eigenvalue weighted by molar-refractivity contribution is -0.121. The average molecular weight is 412 g/mol. The Morgan fingerprint density at radius 1 is 1.08 bits per heavy atom. The lowest BCUT2D eigenvalue weighted by Gasteiger charge is -2.21. The Morgan fingerprint density at radius 3 is 2.29 bits per heavy atom. The van der Waals surface area contributed by atoms with Crippen LogP contribution in [-0.2, 0) is 21.2 Å². The summed E-state index contributed by atoms with van der Waals surface area (Å²) < 4.78 is 27.5. The number of rotatable bonds is 7. The van der Waals surface area contributed by atoms with Gasteiger partial charge < -0.3 is 0 Å². The third-order valence-electron chi connectivity index (χ3n) is 3.43. The molecule has 2 aromatic rings. The van der Waals surface area contributed by atoms with Crippen molar-refractivity contribution in [1.82, 2.24) is 9.73 Å². The minimum Gasteiger partial charge on any atom is -0.293 e. The predicted molar refractivity (Wildman–Crippen MR) is 95.4 cm³/mol. The molecule has 2 rings (SSSR count). The Bertz CT molecular complexity index is 780. The maximum Gasteiger partial charge on any atom is 0.249 e. The lowest BCUT2D eigenvalue weighted by atomic mass is 10.1. The molecule has 0 atom stereocenters. The topological polar surface area (TPSA) is 92.5 Å². The van der Waals surface area contributed by atoms with Crippen LogP contribution in [0, 0.1) is 0 Å². The van der Waals surface area contributed by atoms with E-state index in [0.717, 1.165) is 14.3 Å². The first-order valence-electron chi connectivity index (χ1n) is 7.22. The monoisotopic (exact) mass is 411 g/mol. The van der Waals surface area contributed by atoms with E-state index < -0.39 is 15.9 Å². The van der Waals surface area contributed by atoms with E-state index in [4.69, 9.17) is 5.84 Å². The van der Waals surface area contributed by atoms with Crippen LogP contribution in [0.5, 0.6) is 0 Å².